The van der Waals surface area contributed by atoms with E-state index >= 15 is 0 Å². The average Bonchev–Trinajstić information content (AvgIpc) is 1.83. The SMILES string of the molecule is CCCC(C#N)CCl. The van der Waals surface area contributed by atoms with Gasteiger partial charge in [0.25, 0.3) is 0 Å². The Morgan fingerprint density at radius 1 is 1.75 bits per heavy atom. The maximum atomic E-state index is 8.32. The second-order valence-electron chi connectivity index (χ2n) is 1.77. The van der Waals surface area contributed by atoms with Gasteiger partial charge < -0.3 is 0 Å². The third kappa shape index (κ3) is 2.87. The molecule has 0 aromatic carbocycles. The molecule has 0 aromatic heterocycles. The lowest BCUT2D eigenvalue weighted by Gasteiger charge is -1.97. The van der Waals surface area contributed by atoms with Crippen LogP contribution in [0.15, 0.2) is 0 Å². The van der Waals surface area contributed by atoms with E-state index in [-0.39, 0.29) is 5.92 Å². The summed E-state index contributed by atoms with van der Waals surface area (Å²) in [7, 11) is 0. The second-order valence-corrected chi connectivity index (χ2v) is 2.08. The van der Waals surface area contributed by atoms with Crippen molar-refractivity contribution in [2.75, 3.05) is 5.88 Å². The molecule has 0 amide bonds. The van der Waals surface area contributed by atoms with Crippen molar-refractivity contribution in [3.8, 4) is 6.07 Å². The summed E-state index contributed by atoms with van der Waals surface area (Å²) in [6, 6.07) is 2.12. The van der Waals surface area contributed by atoms with Crippen LogP contribution in [0.5, 0.6) is 0 Å². The molecule has 0 aromatic rings. The van der Waals surface area contributed by atoms with Gasteiger partial charge in [0.15, 0.2) is 0 Å². The van der Waals surface area contributed by atoms with Crippen LogP contribution in [0.3, 0.4) is 0 Å². The van der Waals surface area contributed by atoms with Crippen LogP contribution in [0.1, 0.15) is 19.8 Å². The third-order valence-electron chi connectivity index (χ3n) is 1.01. The van der Waals surface area contributed by atoms with Crippen LogP contribution in [-0.4, -0.2) is 5.88 Å². The van der Waals surface area contributed by atoms with Gasteiger partial charge in [-0.25, -0.2) is 0 Å². The highest BCUT2D eigenvalue weighted by molar-refractivity contribution is 6.18. The number of nitriles is 1. The van der Waals surface area contributed by atoms with Gasteiger partial charge in [-0.15, -0.1) is 11.6 Å². The Kier molecular flexibility index (Phi) is 4.79. The van der Waals surface area contributed by atoms with Crippen molar-refractivity contribution < 1.29 is 0 Å². The molecule has 1 unspecified atom stereocenters. The largest absolute Gasteiger partial charge is 0.198 e. The summed E-state index contributed by atoms with van der Waals surface area (Å²) in [6.07, 6.45) is 1.98. The summed E-state index contributed by atoms with van der Waals surface area (Å²) in [5, 5.41) is 8.32. The maximum Gasteiger partial charge on any atom is 0.0668 e. The number of nitrogens with zero attached hydrogens (tertiary/aromatic N) is 1. The molecule has 0 N–H and O–H groups in total. The molecule has 0 rings (SSSR count). The average molecular weight is 132 g/mol. The molecule has 8 heavy (non-hydrogen) atoms. The van der Waals surface area contributed by atoms with E-state index in [1.807, 2.05) is 0 Å². The molecule has 0 spiro atoms. The number of rotatable bonds is 3. The highest BCUT2D eigenvalue weighted by atomic mass is 35.5. The molecule has 0 radical (unpaired) electrons. The first-order valence-corrected chi connectivity index (χ1v) is 3.34. The van der Waals surface area contributed by atoms with E-state index in [2.05, 4.69) is 13.0 Å². The Morgan fingerprint density at radius 2 is 2.38 bits per heavy atom. The second kappa shape index (κ2) is 4.93. The lowest BCUT2D eigenvalue weighted by Crippen LogP contribution is -1.96. The molecule has 0 aliphatic heterocycles. The molecule has 0 aliphatic carbocycles. The molecule has 0 bridgehead atoms. The zero-order valence-corrected chi connectivity index (χ0v) is 5.78. The monoisotopic (exact) mass is 131 g/mol. The maximum absolute atomic E-state index is 8.32. The van der Waals surface area contributed by atoms with Crippen molar-refractivity contribution in [3.63, 3.8) is 0 Å². The predicted molar refractivity (Wildman–Crippen MR) is 34.7 cm³/mol. The molecule has 0 fully saturated rings. The fourth-order valence-corrected chi connectivity index (χ4v) is 0.748. The van der Waals surface area contributed by atoms with Gasteiger partial charge >= 0.3 is 0 Å². The summed E-state index contributed by atoms with van der Waals surface area (Å²) in [5.74, 6) is 0.548. The summed E-state index contributed by atoms with van der Waals surface area (Å²) in [6.45, 7) is 2.05. The Hall–Kier alpha value is -0.220. The standard InChI is InChI=1S/C6H10ClN/c1-2-3-6(4-7)5-8/h6H,2-4H2,1H3. The Balaban J connectivity index is 3.26. The molecule has 1 nitrogen and oxygen atoms in total. The van der Waals surface area contributed by atoms with Gasteiger partial charge in [-0.05, 0) is 6.42 Å². The minimum atomic E-state index is 0.0710. The molecular formula is C6H10ClN. The van der Waals surface area contributed by atoms with Crippen LogP contribution in [0.2, 0.25) is 0 Å². The summed E-state index contributed by atoms with van der Waals surface area (Å²) >= 11 is 5.42. The number of hydrogen-bond donors (Lipinski definition) is 0. The number of hydrogen-bond acceptors (Lipinski definition) is 1. The molecule has 0 saturated carbocycles. The fraction of sp³-hybridized carbons (Fsp3) is 0.833. The zero-order valence-electron chi connectivity index (χ0n) is 5.02. The lowest BCUT2D eigenvalue weighted by atomic mass is 10.1. The highest BCUT2D eigenvalue weighted by Gasteiger charge is 2.01. The van der Waals surface area contributed by atoms with Gasteiger partial charge in [0.2, 0.25) is 0 Å². The number of alkyl halides is 1. The molecular weight excluding hydrogens is 122 g/mol. The Morgan fingerprint density at radius 3 is 2.50 bits per heavy atom. The van der Waals surface area contributed by atoms with E-state index in [1.165, 1.54) is 0 Å². The topological polar surface area (TPSA) is 23.8 Å². The minimum Gasteiger partial charge on any atom is -0.198 e. The quantitative estimate of drug-likeness (QED) is 0.539. The van der Waals surface area contributed by atoms with Gasteiger partial charge in [-0.3, -0.25) is 0 Å². The molecule has 46 valence electrons. The van der Waals surface area contributed by atoms with Crippen LogP contribution >= 0.6 is 11.6 Å². The van der Waals surface area contributed by atoms with Crippen molar-refractivity contribution in [1.82, 2.24) is 0 Å². The molecule has 0 heterocycles. The smallest absolute Gasteiger partial charge is 0.0668 e. The molecule has 2 heteroatoms. The number of halogens is 1. The molecule has 0 saturated heterocycles. The van der Waals surface area contributed by atoms with Crippen molar-refractivity contribution in [3.05, 3.63) is 0 Å². The van der Waals surface area contributed by atoms with Crippen LogP contribution in [0, 0.1) is 17.2 Å². The van der Waals surface area contributed by atoms with Gasteiger partial charge in [-0.1, -0.05) is 13.3 Å². The van der Waals surface area contributed by atoms with Gasteiger partial charge in [0.05, 0.1) is 12.0 Å². The first kappa shape index (κ1) is 7.78. The van der Waals surface area contributed by atoms with Crippen molar-refractivity contribution >= 4 is 11.6 Å². The van der Waals surface area contributed by atoms with E-state index in [4.69, 9.17) is 16.9 Å². The summed E-state index contributed by atoms with van der Waals surface area (Å²) < 4.78 is 0. The van der Waals surface area contributed by atoms with E-state index in [9.17, 15) is 0 Å². The zero-order chi connectivity index (χ0) is 6.41. The Bertz CT molecular complexity index is 85.0. The van der Waals surface area contributed by atoms with Crippen LogP contribution in [0.4, 0.5) is 0 Å². The van der Waals surface area contributed by atoms with Crippen molar-refractivity contribution in [1.29, 1.82) is 5.26 Å². The molecule has 0 aliphatic rings. The van der Waals surface area contributed by atoms with E-state index < -0.39 is 0 Å². The lowest BCUT2D eigenvalue weighted by molar-refractivity contribution is 0.652. The molecule has 1 atom stereocenters. The Labute approximate surface area is 55.3 Å². The van der Waals surface area contributed by atoms with Gasteiger partial charge in [-0.2, -0.15) is 5.26 Å². The highest BCUT2D eigenvalue weighted by Crippen LogP contribution is 2.05. The first-order valence-electron chi connectivity index (χ1n) is 2.80. The van der Waals surface area contributed by atoms with Crippen molar-refractivity contribution in [2.24, 2.45) is 5.92 Å². The van der Waals surface area contributed by atoms with Gasteiger partial charge in [0, 0.05) is 5.88 Å². The van der Waals surface area contributed by atoms with E-state index in [1.54, 1.807) is 0 Å². The third-order valence-corrected chi connectivity index (χ3v) is 1.38. The first-order chi connectivity index (χ1) is 3.85. The summed E-state index contributed by atoms with van der Waals surface area (Å²) in [5.41, 5.74) is 0. The fourth-order valence-electron chi connectivity index (χ4n) is 0.525. The van der Waals surface area contributed by atoms with Gasteiger partial charge in [0.1, 0.15) is 0 Å². The summed E-state index contributed by atoms with van der Waals surface area (Å²) in [4.78, 5) is 0. The van der Waals surface area contributed by atoms with E-state index in [0.29, 0.717) is 5.88 Å². The van der Waals surface area contributed by atoms with Crippen LogP contribution in [-0.2, 0) is 0 Å². The van der Waals surface area contributed by atoms with E-state index in [0.717, 1.165) is 12.8 Å². The van der Waals surface area contributed by atoms with Crippen molar-refractivity contribution in [2.45, 2.75) is 19.8 Å². The predicted octanol–water partition coefficient (Wildman–Crippen LogP) is 2.17. The van der Waals surface area contributed by atoms with Crippen LogP contribution in [0.25, 0.3) is 0 Å². The minimum absolute atomic E-state index is 0.0710. The van der Waals surface area contributed by atoms with Crippen LogP contribution < -0.4 is 0 Å². The normalized spacial score (nSPS) is 12.6.